The van der Waals surface area contributed by atoms with E-state index in [2.05, 4.69) is 0 Å². The summed E-state index contributed by atoms with van der Waals surface area (Å²) in [6, 6.07) is 0. The van der Waals surface area contributed by atoms with Gasteiger partial charge < -0.3 is 68.8 Å². The molecule has 0 unspecified atom stereocenters. The molecular weight excluding hydrogens is 513 g/mol. The van der Waals surface area contributed by atoms with Crippen LogP contribution in [-0.4, -0.2) is 49.5 Å². The van der Waals surface area contributed by atoms with Crippen LogP contribution in [0.4, 0.5) is 0 Å². The van der Waals surface area contributed by atoms with Gasteiger partial charge in [0, 0.05) is 0 Å². The van der Waals surface area contributed by atoms with Gasteiger partial charge in [-0.25, -0.2) is 13.7 Å². The topological polar surface area (TPSA) is 351 Å². The molecule has 0 spiro atoms. The van der Waals surface area contributed by atoms with Crippen molar-refractivity contribution < 1.29 is 237 Å². The second-order valence-corrected chi connectivity index (χ2v) is 5.96. The molecule has 0 aliphatic carbocycles. The monoisotopic (exact) mass is 524 g/mol. The zero-order valence-electron chi connectivity index (χ0n) is 12.2. The van der Waals surface area contributed by atoms with Crippen LogP contribution in [0.15, 0.2) is 0 Å². The summed E-state index contributed by atoms with van der Waals surface area (Å²) >= 11 is 0. The van der Waals surface area contributed by atoms with E-state index in [1.54, 1.807) is 0 Å². The summed E-state index contributed by atoms with van der Waals surface area (Å²) in [5, 5.41) is 0. The fraction of sp³-hybridized carbons (Fsp3) is 0. The Morgan fingerprint density at radius 1 is 0.458 bits per heavy atom. The molecule has 0 aromatic carbocycles. The van der Waals surface area contributed by atoms with Crippen molar-refractivity contribution >= 4 is 31.3 Å². The normalized spacial score (nSPS) is 9.83. The minimum atomic E-state index is -5.39. The van der Waals surface area contributed by atoms with E-state index in [9.17, 15) is 0 Å². The maximum Gasteiger partial charge on any atom is 1.00 e. The second kappa shape index (κ2) is 24.6. The Labute approximate surface area is 261 Å². The molecule has 24 heavy (non-hydrogen) atoms. The molecule has 24 heteroatoms. The summed E-state index contributed by atoms with van der Waals surface area (Å²) in [6.45, 7) is 0. The average molecular weight is 524 g/mol. The Kier molecular flexibility index (Phi) is 53.0. The van der Waals surface area contributed by atoms with Crippen LogP contribution in [0, 0.1) is 0 Å². The first-order chi connectivity index (χ1) is 8.00. The van der Waals surface area contributed by atoms with Crippen molar-refractivity contribution in [1.29, 1.82) is 0 Å². The maximum absolute atomic E-state index is 8.88. The van der Waals surface area contributed by atoms with Crippen molar-refractivity contribution in [3.05, 3.63) is 0 Å². The van der Waals surface area contributed by atoms with Crippen LogP contribution in [0.3, 0.4) is 0 Å². The van der Waals surface area contributed by atoms with E-state index < -0.39 is 31.3 Å². The van der Waals surface area contributed by atoms with Gasteiger partial charge in [0.2, 0.25) is 0 Å². The zero-order chi connectivity index (χ0) is 18.0. The van der Waals surface area contributed by atoms with Crippen LogP contribution < -0.4 is 169 Å². The molecule has 0 saturated carbocycles. The van der Waals surface area contributed by atoms with Crippen molar-refractivity contribution in [2.75, 3.05) is 0 Å². The molecule has 0 heterocycles. The van der Waals surface area contributed by atoms with E-state index >= 15 is 0 Å². The quantitative estimate of drug-likeness (QED) is 0.105. The maximum atomic E-state index is 8.88. The summed E-state index contributed by atoms with van der Waals surface area (Å²) in [6.07, 6.45) is 0. The Bertz CT molecular complexity index is 292. The van der Waals surface area contributed by atoms with E-state index in [-0.39, 0.29) is 160 Å². The molecule has 0 aromatic rings. The third-order valence-electron chi connectivity index (χ3n) is 0. The SMILES string of the molecule is O.O=P(O)(O)O.O=P(O)(O)O.O=P(O)(O)O.O=P([O-])([O-])[O-].[K+].[K+].[K+]. The minimum Gasteiger partial charge on any atom is -0.822 e. The van der Waals surface area contributed by atoms with Crippen LogP contribution in [0.1, 0.15) is 0 Å². The van der Waals surface area contributed by atoms with Crippen LogP contribution in [0.25, 0.3) is 0 Å². The second-order valence-electron chi connectivity index (χ2n) is 1.99. The van der Waals surface area contributed by atoms with Crippen molar-refractivity contribution in [3.63, 3.8) is 0 Å². The van der Waals surface area contributed by atoms with Gasteiger partial charge in [0.1, 0.15) is 0 Å². The van der Waals surface area contributed by atoms with Gasteiger partial charge in [0.25, 0.3) is 0 Å². The van der Waals surface area contributed by atoms with Crippen LogP contribution >= 0.6 is 31.3 Å². The molecule has 17 nitrogen and oxygen atoms in total. The molecule has 0 fully saturated rings. The minimum absolute atomic E-state index is 0. The van der Waals surface area contributed by atoms with Gasteiger partial charge in [-0.15, -0.1) is 0 Å². The van der Waals surface area contributed by atoms with E-state index in [0.717, 1.165) is 0 Å². The average Bonchev–Trinajstić information content (AvgIpc) is 1.62. The predicted molar refractivity (Wildman–Crippen MR) is 54.0 cm³/mol. The standard InChI is InChI=1S/3K.4H3O4P.H2O/c;;;4*1-5(2,3)4;/h;;;4*(H3,1,2,3,4);1H2/q3*+1;;;;;/p-3. The predicted octanol–water partition coefficient (Wildman–Crippen LogP) is -15.4. The Morgan fingerprint density at radius 2 is 0.458 bits per heavy atom. The number of hydrogen-bond donors (Lipinski definition) is 9. The van der Waals surface area contributed by atoms with Crippen molar-refractivity contribution in [1.82, 2.24) is 0 Å². The summed E-state index contributed by atoms with van der Waals surface area (Å²) in [4.78, 5) is 90.3. The number of rotatable bonds is 0. The molecule has 136 valence electrons. The summed E-state index contributed by atoms with van der Waals surface area (Å²) < 4.78 is 35.2. The molecule has 0 rings (SSSR count). The fourth-order valence-corrected chi connectivity index (χ4v) is 0. The van der Waals surface area contributed by atoms with Gasteiger partial charge >= 0.3 is 178 Å². The van der Waals surface area contributed by atoms with Crippen LogP contribution in [0.5, 0.6) is 0 Å². The van der Waals surface area contributed by atoms with Crippen molar-refractivity contribution in [2.24, 2.45) is 0 Å². The van der Waals surface area contributed by atoms with Gasteiger partial charge in [0.15, 0.2) is 0 Å². The van der Waals surface area contributed by atoms with Gasteiger partial charge in [-0.1, -0.05) is 0 Å². The van der Waals surface area contributed by atoms with E-state index in [1.807, 2.05) is 0 Å². The Balaban J connectivity index is -0.0000000225. The van der Waals surface area contributed by atoms with E-state index in [0.29, 0.717) is 0 Å². The molecule has 0 amide bonds. The van der Waals surface area contributed by atoms with Crippen molar-refractivity contribution in [2.45, 2.75) is 0 Å². The third-order valence-corrected chi connectivity index (χ3v) is 0. The third kappa shape index (κ3) is 671. The Hall–Kier alpha value is 5.31. The summed E-state index contributed by atoms with van der Waals surface area (Å²) in [5.74, 6) is 0. The zero-order valence-corrected chi connectivity index (χ0v) is 25.1. The largest absolute Gasteiger partial charge is 1.00 e. The van der Waals surface area contributed by atoms with E-state index in [4.69, 9.17) is 77.0 Å². The van der Waals surface area contributed by atoms with Crippen LogP contribution in [0.2, 0.25) is 0 Å². The summed E-state index contributed by atoms with van der Waals surface area (Å²) in [5.41, 5.74) is 0. The van der Waals surface area contributed by atoms with Gasteiger partial charge in [-0.2, -0.15) is 7.82 Å². The first-order valence-electron chi connectivity index (χ1n) is 3.08. The van der Waals surface area contributed by atoms with Crippen LogP contribution in [-0.2, 0) is 18.3 Å². The molecule has 0 aromatic heterocycles. The molecular formula is H11K3O17P4. The number of phosphoric acid groups is 4. The molecule has 0 saturated heterocycles. The molecule has 0 aliphatic heterocycles. The van der Waals surface area contributed by atoms with E-state index in [1.165, 1.54) is 0 Å². The van der Waals surface area contributed by atoms with Crippen molar-refractivity contribution in [3.8, 4) is 0 Å². The first kappa shape index (κ1) is 51.7. The molecule has 0 atom stereocenters. The fourth-order valence-electron chi connectivity index (χ4n) is 0. The Morgan fingerprint density at radius 3 is 0.458 bits per heavy atom. The number of hydrogen-bond acceptors (Lipinski definition) is 7. The molecule has 11 N–H and O–H groups in total. The van der Waals surface area contributed by atoms with Gasteiger partial charge in [-0.3, -0.25) is 0 Å². The van der Waals surface area contributed by atoms with Gasteiger partial charge in [0.05, 0.1) is 0 Å². The molecule has 0 radical (unpaired) electrons. The molecule has 0 bridgehead atoms. The smallest absolute Gasteiger partial charge is 0.822 e. The molecule has 0 aliphatic rings. The summed E-state index contributed by atoms with van der Waals surface area (Å²) in [7, 11) is -19.3. The first-order valence-corrected chi connectivity index (χ1v) is 9.23. The van der Waals surface area contributed by atoms with Gasteiger partial charge in [-0.05, 0) is 0 Å².